The molecule has 3 atom stereocenters. The molecule has 468 valence electrons. The van der Waals surface area contributed by atoms with Gasteiger partial charge in [-0.3, -0.25) is 13.8 Å². The molecule has 8 nitrogen and oxygen atoms in total. The number of amides is 1. The first-order chi connectivity index (χ1) is 38.5. The number of rotatable bonds is 65. The van der Waals surface area contributed by atoms with Gasteiger partial charge < -0.3 is 19.8 Å². The molecule has 0 aliphatic carbocycles. The average Bonchev–Trinajstić information content (AvgIpc) is 3.42. The number of quaternary nitrogens is 1. The fraction of sp³-hybridized carbons (Fsp3) is 0.900. The first kappa shape index (κ1) is 77.7. The second-order valence-electron chi connectivity index (χ2n) is 25.3. The molecule has 0 aromatic heterocycles. The molecule has 0 aromatic carbocycles. The van der Waals surface area contributed by atoms with Crippen molar-refractivity contribution in [2.45, 2.75) is 366 Å². The molecule has 0 rings (SSSR count). The van der Waals surface area contributed by atoms with Gasteiger partial charge in [0.1, 0.15) is 13.2 Å². The lowest BCUT2D eigenvalue weighted by molar-refractivity contribution is -0.870. The Morgan fingerprint density at radius 1 is 0.430 bits per heavy atom. The van der Waals surface area contributed by atoms with Crippen molar-refractivity contribution in [2.75, 3.05) is 40.9 Å². The highest BCUT2D eigenvalue weighted by atomic mass is 31.2. The van der Waals surface area contributed by atoms with Gasteiger partial charge in [0.2, 0.25) is 5.91 Å². The Bertz CT molecular complexity index is 1380. The van der Waals surface area contributed by atoms with Gasteiger partial charge in [-0.25, -0.2) is 4.57 Å². The molecule has 0 aromatic rings. The number of hydrogen-bond donors (Lipinski definition) is 3. The van der Waals surface area contributed by atoms with Gasteiger partial charge in [0.15, 0.2) is 0 Å². The van der Waals surface area contributed by atoms with Crippen LogP contribution in [0.25, 0.3) is 0 Å². The zero-order valence-electron chi connectivity index (χ0n) is 53.6. The number of phosphoric ester groups is 1. The van der Waals surface area contributed by atoms with Crippen LogP contribution in [-0.4, -0.2) is 73.4 Å². The number of nitrogens with one attached hydrogen (secondary N) is 1. The molecule has 9 heteroatoms. The molecule has 0 fully saturated rings. The highest BCUT2D eigenvalue weighted by Gasteiger charge is 2.28. The predicted molar refractivity (Wildman–Crippen MR) is 346 cm³/mol. The van der Waals surface area contributed by atoms with Gasteiger partial charge in [0.05, 0.1) is 39.9 Å². The molecule has 3 unspecified atom stereocenters. The van der Waals surface area contributed by atoms with E-state index in [-0.39, 0.29) is 19.1 Å². The van der Waals surface area contributed by atoms with Crippen LogP contribution in [0.3, 0.4) is 0 Å². The summed E-state index contributed by atoms with van der Waals surface area (Å²) < 4.78 is 23.8. The summed E-state index contributed by atoms with van der Waals surface area (Å²) in [5.74, 6) is -0.171. The third-order valence-electron chi connectivity index (χ3n) is 16.1. The number of likely N-dealkylation sites (N-methyl/N-ethyl adjacent to an activating group) is 1. The van der Waals surface area contributed by atoms with Gasteiger partial charge in [-0.1, -0.05) is 333 Å². The lowest BCUT2D eigenvalue weighted by Crippen LogP contribution is -2.45. The van der Waals surface area contributed by atoms with Crippen LogP contribution < -0.4 is 5.32 Å². The molecule has 0 saturated carbocycles. The SMILES string of the molecule is CCCCCCCCCCCCC/C=C\C/C=C\CCCCCCCCCCCCCCCCCCCC(=O)NC(COP(=O)(O)OCC[N+](C)(C)C)C(O)/C=C/CCCCCCCCCCCCCCCCCCCCCC. The van der Waals surface area contributed by atoms with Crippen LogP contribution >= 0.6 is 7.82 Å². The number of allylic oxidation sites excluding steroid dienone is 5. The van der Waals surface area contributed by atoms with E-state index in [1.165, 1.54) is 295 Å². The molecule has 0 spiro atoms. The van der Waals surface area contributed by atoms with E-state index < -0.39 is 20.0 Å². The van der Waals surface area contributed by atoms with E-state index in [0.29, 0.717) is 17.4 Å². The molecule has 1 amide bonds. The minimum Gasteiger partial charge on any atom is -0.387 e. The second kappa shape index (κ2) is 61.3. The van der Waals surface area contributed by atoms with Crippen LogP contribution in [0.2, 0.25) is 0 Å². The summed E-state index contributed by atoms with van der Waals surface area (Å²) in [6.07, 6.45) is 81.5. The summed E-state index contributed by atoms with van der Waals surface area (Å²) in [5, 5.41) is 14.0. The molecule has 0 aliphatic rings. The van der Waals surface area contributed by atoms with Gasteiger partial charge in [0.25, 0.3) is 0 Å². The first-order valence-corrected chi connectivity index (χ1v) is 36.4. The molecule has 0 aliphatic heterocycles. The number of carbonyl (C=O) groups is 1. The van der Waals surface area contributed by atoms with Crippen LogP contribution in [0.5, 0.6) is 0 Å². The second-order valence-corrected chi connectivity index (χ2v) is 26.7. The number of phosphoric acid groups is 1. The number of unbranched alkanes of at least 4 members (excludes halogenated alkanes) is 48. The number of nitrogens with zero attached hydrogens (tertiary/aromatic N) is 1. The fourth-order valence-electron chi connectivity index (χ4n) is 10.7. The molecule has 0 heterocycles. The van der Waals surface area contributed by atoms with Crippen molar-refractivity contribution >= 4 is 13.7 Å². The Hall–Kier alpha value is -1.28. The normalized spacial score (nSPS) is 13.9. The smallest absolute Gasteiger partial charge is 0.387 e. The third-order valence-corrected chi connectivity index (χ3v) is 17.1. The summed E-state index contributed by atoms with van der Waals surface area (Å²) in [4.78, 5) is 23.4. The van der Waals surface area contributed by atoms with Crippen LogP contribution in [-0.2, 0) is 18.4 Å². The van der Waals surface area contributed by atoms with Crippen molar-refractivity contribution < 1.29 is 32.9 Å². The van der Waals surface area contributed by atoms with E-state index in [1.54, 1.807) is 6.08 Å². The van der Waals surface area contributed by atoms with E-state index in [9.17, 15) is 19.4 Å². The predicted octanol–water partition coefficient (Wildman–Crippen LogP) is 22.1. The number of hydrogen-bond acceptors (Lipinski definition) is 5. The van der Waals surface area contributed by atoms with Crippen molar-refractivity contribution in [1.29, 1.82) is 0 Å². The van der Waals surface area contributed by atoms with Gasteiger partial charge >= 0.3 is 7.82 Å². The molecule has 0 bridgehead atoms. The monoisotopic (exact) mass is 1130 g/mol. The molecule has 3 N–H and O–H groups in total. The van der Waals surface area contributed by atoms with E-state index in [1.807, 2.05) is 27.2 Å². The standard InChI is InChI=1S/C70H137N2O6P/c1-6-8-10-12-14-16-18-20-22-24-26-28-30-31-32-33-34-35-36-37-38-39-40-41-42-44-46-48-50-52-54-56-58-60-62-64-70(74)71-68(67-78-79(75,76)77-66-65-72(3,4)5)69(73)63-61-59-57-55-53-51-49-47-45-43-29-27-25-23-21-19-17-15-13-11-9-7-2/h30-31,33-34,61,63,68-69,73H,6-29,32,35-60,62,64-67H2,1-5H3,(H-,71,74,75,76)/p+1/b31-30-,34-33-,63-61+. The third kappa shape index (κ3) is 64.1. The Kier molecular flexibility index (Phi) is 60.3. The first-order valence-electron chi connectivity index (χ1n) is 34.9. The van der Waals surface area contributed by atoms with Gasteiger partial charge in [-0.2, -0.15) is 0 Å². The zero-order valence-corrected chi connectivity index (χ0v) is 54.5. The lowest BCUT2D eigenvalue weighted by atomic mass is 10.0. The minimum absolute atomic E-state index is 0.0632. The highest BCUT2D eigenvalue weighted by molar-refractivity contribution is 7.47. The molecule has 0 radical (unpaired) electrons. The summed E-state index contributed by atoms with van der Waals surface area (Å²) >= 11 is 0. The fourth-order valence-corrected chi connectivity index (χ4v) is 11.4. The Balaban J connectivity index is 4.01. The molecule has 79 heavy (non-hydrogen) atoms. The summed E-state index contributed by atoms with van der Waals surface area (Å²) in [7, 11) is 1.59. The topological polar surface area (TPSA) is 105 Å². The lowest BCUT2D eigenvalue weighted by Gasteiger charge is -2.25. The largest absolute Gasteiger partial charge is 0.472 e. The minimum atomic E-state index is -4.35. The quantitative estimate of drug-likeness (QED) is 0.0243. The van der Waals surface area contributed by atoms with E-state index in [4.69, 9.17) is 9.05 Å². The van der Waals surface area contributed by atoms with Crippen LogP contribution in [0.15, 0.2) is 36.5 Å². The van der Waals surface area contributed by atoms with Crippen LogP contribution in [0.4, 0.5) is 0 Å². The Morgan fingerprint density at radius 2 is 0.722 bits per heavy atom. The van der Waals surface area contributed by atoms with E-state index in [0.717, 1.165) is 38.5 Å². The number of aliphatic hydroxyl groups is 1. The van der Waals surface area contributed by atoms with Crippen molar-refractivity contribution in [3.8, 4) is 0 Å². The Labute approximate surface area is 493 Å². The van der Waals surface area contributed by atoms with Crippen LogP contribution in [0.1, 0.15) is 354 Å². The maximum absolute atomic E-state index is 13.0. The van der Waals surface area contributed by atoms with Crippen molar-refractivity contribution in [3.63, 3.8) is 0 Å². The maximum atomic E-state index is 13.0. The van der Waals surface area contributed by atoms with E-state index >= 15 is 0 Å². The maximum Gasteiger partial charge on any atom is 0.472 e. The highest BCUT2D eigenvalue weighted by Crippen LogP contribution is 2.43. The molecular weight excluding hydrogens is 996 g/mol. The number of aliphatic hydroxyl groups excluding tert-OH is 1. The average molecular weight is 1130 g/mol. The summed E-state index contributed by atoms with van der Waals surface area (Å²) in [5.41, 5.74) is 0. The van der Waals surface area contributed by atoms with Gasteiger partial charge in [0, 0.05) is 6.42 Å². The van der Waals surface area contributed by atoms with E-state index in [2.05, 4.69) is 43.5 Å². The van der Waals surface area contributed by atoms with Crippen molar-refractivity contribution in [3.05, 3.63) is 36.5 Å². The van der Waals surface area contributed by atoms with Crippen molar-refractivity contribution in [1.82, 2.24) is 5.32 Å². The van der Waals surface area contributed by atoms with Gasteiger partial charge in [-0.05, 0) is 51.4 Å². The number of carbonyl (C=O) groups excluding carboxylic acids is 1. The summed E-state index contributed by atoms with van der Waals surface area (Å²) in [6.45, 7) is 4.87. The molecule has 0 saturated heterocycles. The molecular formula is C70H138N2O6P+. The van der Waals surface area contributed by atoms with Crippen molar-refractivity contribution in [2.24, 2.45) is 0 Å². The zero-order chi connectivity index (χ0) is 57.7. The Morgan fingerprint density at radius 3 is 1.04 bits per heavy atom. The van der Waals surface area contributed by atoms with Crippen LogP contribution in [0, 0.1) is 0 Å². The van der Waals surface area contributed by atoms with Gasteiger partial charge in [-0.15, -0.1) is 0 Å². The summed E-state index contributed by atoms with van der Waals surface area (Å²) in [6, 6.07) is -0.847.